The first-order chi connectivity index (χ1) is 9.56. The molecule has 4 nitrogen and oxygen atoms in total. The van der Waals surface area contributed by atoms with E-state index in [2.05, 4.69) is 6.92 Å². The molecular weight excluding hydrogens is 294 g/mol. The van der Waals surface area contributed by atoms with Crippen LogP contribution >= 0.6 is 23.1 Å². The van der Waals surface area contributed by atoms with Crippen LogP contribution in [0.25, 0.3) is 0 Å². The summed E-state index contributed by atoms with van der Waals surface area (Å²) < 4.78 is 0. The third-order valence-electron chi connectivity index (χ3n) is 3.97. The maximum absolute atomic E-state index is 12.5. The van der Waals surface area contributed by atoms with Gasteiger partial charge in [-0.3, -0.25) is 4.79 Å². The van der Waals surface area contributed by atoms with Crippen molar-refractivity contribution in [1.29, 1.82) is 0 Å². The van der Waals surface area contributed by atoms with Crippen molar-refractivity contribution >= 4 is 35.0 Å². The van der Waals surface area contributed by atoms with Gasteiger partial charge in [-0.05, 0) is 36.8 Å². The number of amides is 1. The van der Waals surface area contributed by atoms with E-state index < -0.39 is 12.0 Å². The molecule has 0 spiro atoms. The van der Waals surface area contributed by atoms with Gasteiger partial charge in [0.1, 0.15) is 6.04 Å². The zero-order valence-electron chi connectivity index (χ0n) is 11.3. The Kier molecular flexibility index (Phi) is 3.77. The second kappa shape index (κ2) is 5.41. The Bertz CT molecular complexity index is 555. The summed E-state index contributed by atoms with van der Waals surface area (Å²) in [4.78, 5) is 27.2. The standard InChI is InChI=1S/C14H17NO3S2/c1-8-2-3-11-9(4-8)5-12(20-11)13(16)15-7-19-6-10(15)14(17)18/h5,8,10H,2-4,6-7H2,1H3,(H,17,18). The van der Waals surface area contributed by atoms with Gasteiger partial charge in [-0.25, -0.2) is 4.79 Å². The van der Waals surface area contributed by atoms with Gasteiger partial charge in [0.15, 0.2) is 0 Å². The highest BCUT2D eigenvalue weighted by atomic mass is 32.2. The summed E-state index contributed by atoms with van der Waals surface area (Å²) in [5, 5.41) is 9.17. The van der Waals surface area contributed by atoms with Crippen LogP contribution in [0.2, 0.25) is 0 Å². The molecule has 108 valence electrons. The Morgan fingerprint density at radius 3 is 3.00 bits per heavy atom. The van der Waals surface area contributed by atoms with Crippen LogP contribution in [-0.2, 0) is 17.6 Å². The Labute approximate surface area is 126 Å². The van der Waals surface area contributed by atoms with Crippen LogP contribution < -0.4 is 0 Å². The molecule has 1 fully saturated rings. The normalized spacial score (nSPS) is 25.6. The minimum Gasteiger partial charge on any atom is -0.480 e. The van der Waals surface area contributed by atoms with E-state index in [1.165, 1.54) is 33.5 Å². The lowest BCUT2D eigenvalue weighted by molar-refractivity contribution is -0.140. The second-order valence-electron chi connectivity index (χ2n) is 5.54. The van der Waals surface area contributed by atoms with Gasteiger partial charge in [0.05, 0.1) is 10.8 Å². The molecule has 1 aliphatic heterocycles. The number of carboxylic acids is 1. The molecule has 1 aromatic heterocycles. The monoisotopic (exact) mass is 311 g/mol. The zero-order chi connectivity index (χ0) is 14.3. The van der Waals surface area contributed by atoms with Crippen molar-refractivity contribution in [2.45, 2.75) is 32.2 Å². The third-order valence-corrected chi connectivity index (χ3v) is 6.21. The SMILES string of the molecule is CC1CCc2sc(C(=O)N3CSCC3C(=O)O)cc2C1. The molecule has 0 radical (unpaired) electrons. The number of hydrogen-bond acceptors (Lipinski definition) is 4. The van der Waals surface area contributed by atoms with E-state index in [1.54, 1.807) is 11.3 Å². The lowest BCUT2D eigenvalue weighted by Crippen LogP contribution is -2.41. The van der Waals surface area contributed by atoms with Crippen LogP contribution in [0.15, 0.2) is 6.07 Å². The summed E-state index contributed by atoms with van der Waals surface area (Å²) in [5.74, 6) is 0.625. The van der Waals surface area contributed by atoms with Gasteiger partial charge in [0, 0.05) is 10.6 Å². The Hall–Kier alpha value is -1.01. The van der Waals surface area contributed by atoms with Crippen LogP contribution in [0.4, 0.5) is 0 Å². The molecule has 0 aromatic carbocycles. The molecule has 1 N–H and O–H groups in total. The van der Waals surface area contributed by atoms with Crippen molar-refractivity contribution in [3.05, 3.63) is 21.4 Å². The maximum Gasteiger partial charge on any atom is 0.327 e. The van der Waals surface area contributed by atoms with Gasteiger partial charge in [-0.15, -0.1) is 23.1 Å². The largest absolute Gasteiger partial charge is 0.480 e. The molecule has 2 heterocycles. The number of rotatable bonds is 2. The van der Waals surface area contributed by atoms with Crippen molar-refractivity contribution < 1.29 is 14.7 Å². The maximum atomic E-state index is 12.5. The minimum absolute atomic E-state index is 0.116. The van der Waals surface area contributed by atoms with E-state index in [4.69, 9.17) is 0 Å². The number of thioether (sulfide) groups is 1. The van der Waals surface area contributed by atoms with E-state index in [1.807, 2.05) is 6.07 Å². The third kappa shape index (κ3) is 2.46. The molecule has 0 saturated carbocycles. The molecule has 6 heteroatoms. The number of carboxylic acid groups (broad SMARTS) is 1. The lowest BCUT2D eigenvalue weighted by Gasteiger charge is -2.19. The van der Waals surface area contributed by atoms with Gasteiger partial charge in [-0.1, -0.05) is 6.92 Å². The fourth-order valence-electron chi connectivity index (χ4n) is 2.80. The molecule has 2 atom stereocenters. The second-order valence-corrected chi connectivity index (χ2v) is 7.67. The van der Waals surface area contributed by atoms with Gasteiger partial charge < -0.3 is 10.0 Å². The minimum atomic E-state index is -0.904. The first kappa shape index (κ1) is 13.9. The van der Waals surface area contributed by atoms with Crippen molar-refractivity contribution in [3.63, 3.8) is 0 Å². The predicted molar refractivity (Wildman–Crippen MR) is 80.4 cm³/mol. The molecule has 1 saturated heterocycles. The summed E-state index contributed by atoms with van der Waals surface area (Å²) >= 11 is 3.06. The zero-order valence-corrected chi connectivity index (χ0v) is 12.9. The van der Waals surface area contributed by atoms with E-state index in [9.17, 15) is 14.7 Å². The topological polar surface area (TPSA) is 57.6 Å². The van der Waals surface area contributed by atoms with Crippen LogP contribution in [0.3, 0.4) is 0 Å². The van der Waals surface area contributed by atoms with Crippen LogP contribution in [0, 0.1) is 5.92 Å². The average molecular weight is 311 g/mol. The Balaban J connectivity index is 1.82. The quantitative estimate of drug-likeness (QED) is 0.911. The van der Waals surface area contributed by atoms with Crippen molar-refractivity contribution in [1.82, 2.24) is 4.90 Å². The lowest BCUT2D eigenvalue weighted by atomic mass is 9.90. The molecule has 20 heavy (non-hydrogen) atoms. The fraction of sp³-hybridized carbons (Fsp3) is 0.571. The molecule has 0 bridgehead atoms. The summed E-state index contributed by atoms with van der Waals surface area (Å²) in [6.07, 6.45) is 3.26. The highest BCUT2D eigenvalue weighted by molar-refractivity contribution is 7.99. The predicted octanol–water partition coefficient (Wildman–Crippen LogP) is 2.47. The van der Waals surface area contributed by atoms with Crippen LogP contribution in [-0.4, -0.2) is 39.6 Å². The summed E-state index contributed by atoms with van der Waals surface area (Å²) in [5.41, 5.74) is 1.29. The number of thiophene rings is 1. The van der Waals surface area contributed by atoms with Gasteiger partial charge >= 0.3 is 5.97 Å². The van der Waals surface area contributed by atoms with Gasteiger partial charge in [0.2, 0.25) is 0 Å². The molecule has 1 aromatic rings. The van der Waals surface area contributed by atoms with E-state index >= 15 is 0 Å². The highest BCUT2D eigenvalue weighted by Crippen LogP contribution is 2.34. The Morgan fingerprint density at radius 2 is 2.25 bits per heavy atom. The molecule has 1 aliphatic carbocycles. The van der Waals surface area contributed by atoms with E-state index in [0.717, 1.165) is 12.8 Å². The average Bonchev–Trinajstić information content (AvgIpc) is 3.03. The molecular formula is C14H17NO3S2. The number of aliphatic carboxylic acids is 1. The molecule has 2 unspecified atom stereocenters. The summed E-state index contributed by atoms with van der Waals surface area (Å²) in [6, 6.07) is 1.31. The Morgan fingerprint density at radius 1 is 1.45 bits per heavy atom. The number of fused-ring (bicyclic) bond motifs is 1. The first-order valence-electron chi connectivity index (χ1n) is 6.79. The van der Waals surface area contributed by atoms with E-state index in [0.29, 0.717) is 22.4 Å². The van der Waals surface area contributed by atoms with Crippen molar-refractivity contribution in [2.75, 3.05) is 11.6 Å². The smallest absolute Gasteiger partial charge is 0.327 e. The van der Waals surface area contributed by atoms with Crippen molar-refractivity contribution in [2.24, 2.45) is 5.92 Å². The number of nitrogens with zero attached hydrogens (tertiary/aromatic N) is 1. The number of aryl methyl sites for hydroxylation is 1. The van der Waals surface area contributed by atoms with Crippen LogP contribution in [0.5, 0.6) is 0 Å². The van der Waals surface area contributed by atoms with Gasteiger partial charge in [-0.2, -0.15) is 0 Å². The number of carbonyl (C=O) groups is 2. The van der Waals surface area contributed by atoms with Crippen LogP contribution in [0.1, 0.15) is 33.5 Å². The highest BCUT2D eigenvalue weighted by Gasteiger charge is 2.36. The first-order valence-corrected chi connectivity index (χ1v) is 8.76. The molecule has 1 amide bonds. The van der Waals surface area contributed by atoms with Crippen molar-refractivity contribution in [3.8, 4) is 0 Å². The summed E-state index contributed by atoms with van der Waals surface area (Å²) in [7, 11) is 0. The number of carbonyl (C=O) groups excluding carboxylic acids is 1. The summed E-state index contributed by atoms with van der Waals surface area (Å²) in [6.45, 7) is 2.24. The van der Waals surface area contributed by atoms with Gasteiger partial charge in [0.25, 0.3) is 5.91 Å². The fourth-order valence-corrected chi connectivity index (χ4v) is 5.11. The molecule has 3 rings (SSSR count). The number of hydrogen-bond donors (Lipinski definition) is 1. The van der Waals surface area contributed by atoms with E-state index in [-0.39, 0.29) is 5.91 Å². The molecule has 2 aliphatic rings.